The van der Waals surface area contributed by atoms with Gasteiger partial charge in [0.25, 0.3) is 0 Å². The first-order chi connectivity index (χ1) is 6.59. The number of aryl methyl sites for hydroxylation is 1. The summed E-state index contributed by atoms with van der Waals surface area (Å²) in [6.07, 6.45) is 0. The van der Waals surface area contributed by atoms with E-state index in [-0.39, 0.29) is 5.75 Å². The summed E-state index contributed by atoms with van der Waals surface area (Å²) >= 11 is 9.20. The average molecular weight is 273 g/mol. The van der Waals surface area contributed by atoms with Crippen LogP contribution in [-0.4, -0.2) is 10.1 Å². The van der Waals surface area contributed by atoms with Crippen molar-refractivity contribution in [3.63, 3.8) is 0 Å². The number of aromatic nitrogens is 1. The molecule has 1 aromatic heterocycles. The number of phenolic OH excluding ortho intramolecular Hbond substituents is 1. The molecule has 0 aliphatic rings. The molecule has 0 aliphatic heterocycles. The summed E-state index contributed by atoms with van der Waals surface area (Å²) in [7, 11) is 0. The molecule has 2 rings (SSSR count). The molecule has 0 saturated heterocycles. The van der Waals surface area contributed by atoms with Crippen molar-refractivity contribution in [1.82, 2.24) is 4.98 Å². The zero-order chi connectivity index (χ0) is 10.3. The predicted molar refractivity (Wildman–Crippen MR) is 60.9 cm³/mol. The fraction of sp³-hybridized carbons (Fsp3) is 0.100. The normalized spacial score (nSPS) is 10.8. The molecule has 1 heterocycles. The SMILES string of the molecule is Cc1ccc2c(Br)cc(Cl)c(O)c2n1. The average Bonchev–Trinajstić information content (AvgIpc) is 2.14. The Labute approximate surface area is 94.7 Å². The van der Waals surface area contributed by atoms with E-state index in [0.717, 1.165) is 15.6 Å². The topological polar surface area (TPSA) is 33.1 Å². The Bertz CT molecular complexity index is 513. The Kier molecular flexibility index (Phi) is 2.37. The summed E-state index contributed by atoms with van der Waals surface area (Å²) in [5.41, 5.74) is 1.38. The predicted octanol–water partition coefficient (Wildman–Crippen LogP) is 3.66. The van der Waals surface area contributed by atoms with Crippen LogP contribution in [0.2, 0.25) is 5.02 Å². The summed E-state index contributed by atoms with van der Waals surface area (Å²) in [5.74, 6) is 0.0357. The van der Waals surface area contributed by atoms with E-state index in [1.165, 1.54) is 0 Å². The van der Waals surface area contributed by atoms with Crippen LogP contribution < -0.4 is 0 Å². The van der Waals surface area contributed by atoms with Gasteiger partial charge in [0.15, 0.2) is 5.75 Å². The Morgan fingerprint density at radius 3 is 2.86 bits per heavy atom. The summed E-state index contributed by atoms with van der Waals surface area (Å²) in [6.45, 7) is 1.87. The molecular formula is C10H7BrClNO. The van der Waals surface area contributed by atoms with Crippen LogP contribution in [0.3, 0.4) is 0 Å². The van der Waals surface area contributed by atoms with E-state index in [0.29, 0.717) is 10.5 Å². The summed E-state index contributed by atoms with van der Waals surface area (Å²) in [4.78, 5) is 4.23. The molecule has 0 fully saturated rings. The number of hydrogen-bond acceptors (Lipinski definition) is 2. The number of fused-ring (bicyclic) bond motifs is 1. The van der Waals surface area contributed by atoms with E-state index < -0.39 is 0 Å². The fourth-order valence-electron chi connectivity index (χ4n) is 1.30. The molecule has 4 heteroatoms. The molecule has 0 amide bonds. The minimum atomic E-state index is 0.0357. The van der Waals surface area contributed by atoms with Gasteiger partial charge in [-0.2, -0.15) is 0 Å². The molecule has 0 unspecified atom stereocenters. The molecule has 0 saturated carbocycles. The van der Waals surface area contributed by atoms with Gasteiger partial charge in [0.05, 0.1) is 5.02 Å². The van der Waals surface area contributed by atoms with Crippen LogP contribution in [0.4, 0.5) is 0 Å². The van der Waals surface area contributed by atoms with Gasteiger partial charge >= 0.3 is 0 Å². The van der Waals surface area contributed by atoms with Crippen LogP contribution in [0.1, 0.15) is 5.69 Å². The van der Waals surface area contributed by atoms with Crippen molar-refractivity contribution in [1.29, 1.82) is 0 Å². The number of benzene rings is 1. The number of hydrogen-bond donors (Lipinski definition) is 1. The van der Waals surface area contributed by atoms with Crippen LogP contribution in [0.25, 0.3) is 10.9 Å². The third-order valence-corrected chi connectivity index (χ3v) is 2.94. The number of rotatable bonds is 0. The molecule has 1 aromatic carbocycles. The first kappa shape index (κ1) is 9.74. The molecule has 0 bridgehead atoms. The maximum absolute atomic E-state index is 9.69. The molecule has 2 nitrogen and oxygen atoms in total. The zero-order valence-corrected chi connectivity index (χ0v) is 9.72. The lowest BCUT2D eigenvalue weighted by Gasteiger charge is -2.05. The molecule has 0 radical (unpaired) electrons. The van der Waals surface area contributed by atoms with Crippen LogP contribution >= 0.6 is 27.5 Å². The molecule has 1 N–H and O–H groups in total. The van der Waals surface area contributed by atoms with Gasteiger partial charge in [0.2, 0.25) is 0 Å². The lowest BCUT2D eigenvalue weighted by molar-refractivity contribution is 0.480. The first-order valence-corrected chi connectivity index (χ1v) is 5.21. The third kappa shape index (κ3) is 1.47. The van der Waals surface area contributed by atoms with Gasteiger partial charge in [0, 0.05) is 15.6 Å². The smallest absolute Gasteiger partial charge is 0.160 e. The van der Waals surface area contributed by atoms with Crippen LogP contribution in [0.5, 0.6) is 5.75 Å². The quantitative estimate of drug-likeness (QED) is 0.794. The van der Waals surface area contributed by atoms with Crippen molar-refractivity contribution in [2.75, 3.05) is 0 Å². The minimum Gasteiger partial charge on any atom is -0.504 e. The molecule has 2 aromatic rings. The molecule has 0 spiro atoms. The van der Waals surface area contributed by atoms with Gasteiger partial charge < -0.3 is 5.11 Å². The Morgan fingerprint density at radius 2 is 2.14 bits per heavy atom. The Balaban J connectivity index is 2.95. The van der Waals surface area contributed by atoms with E-state index in [2.05, 4.69) is 20.9 Å². The van der Waals surface area contributed by atoms with Gasteiger partial charge in [-0.3, -0.25) is 0 Å². The lowest BCUT2D eigenvalue weighted by Crippen LogP contribution is -1.85. The third-order valence-electron chi connectivity index (χ3n) is 2.00. The van der Waals surface area contributed by atoms with Gasteiger partial charge in [-0.05, 0) is 25.1 Å². The Morgan fingerprint density at radius 1 is 1.43 bits per heavy atom. The van der Waals surface area contributed by atoms with E-state index >= 15 is 0 Å². The number of pyridine rings is 1. The Hall–Kier alpha value is -0.800. The second kappa shape index (κ2) is 3.41. The van der Waals surface area contributed by atoms with Gasteiger partial charge in [0.1, 0.15) is 5.52 Å². The summed E-state index contributed by atoms with van der Waals surface area (Å²) in [5, 5.41) is 10.9. The van der Waals surface area contributed by atoms with Crippen molar-refractivity contribution in [3.8, 4) is 5.75 Å². The van der Waals surface area contributed by atoms with Crippen molar-refractivity contribution in [2.45, 2.75) is 6.92 Å². The lowest BCUT2D eigenvalue weighted by atomic mass is 10.2. The number of aromatic hydroxyl groups is 1. The molecule has 14 heavy (non-hydrogen) atoms. The second-order valence-electron chi connectivity index (χ2n) is 3.04. The highest BCUT2D eigenvalue weighted by molar-refractivity contribution is 9.10. The first-order valence-electron chi connectivity index (χ1n) is 4.04. The van der Waals surface area contributed by atoms with E-state index in [1.54, 1.807) is 6.07 Å². The highest BCUT2D eigenvalue weighted by Gasteiger charge is 2.09. The summed E-state index contributed by atoms with van der Waals surface area (Å²) in [6, 6.07) is 5.45. The van der Waals surface area contributed by atoms with Crippen LogP contribution in [0, 0.1) is 6.92 Å². The van der Waals surface area contributed by atoms with Crippen molar-refractivity contribution in [2.24, 2.45) is 0 Å². The van der Waals surface area contributed by atoms with Crippen LogP contribution in [0.15, 0.2) is 22.7 Å². The number of nitrogens with zero attached hydrogens (tertiary/aromatic N) is 1. The molecule has 72 valence electrons. The molecular weight excluding hydrogens is 265 g/mol. The number of phenols is 1. The van der Waals surface area contributed by atoms with Crippen molar-refractivity contribution < 1.29 is 5.11 Å². The van der Waals surface area contributed by atoms with E-state index in [9.17, 15) is 5.11 Å². The second-order valence-corrected chi connectivity index (χ2v) is 4.30. The molecule has 0 aliphatic carbocycles. The van der Waals surface area contributed by atoms with Crippen molar-refractivity contribution in [3.05, 3.63) is 33.4 Å². The molecule has 0 atom stereocenters. The monoisotopic (exact) mass is 271 g/mol. The van der Waals surface area contributed by atoms with E-state index in [4.69, 9.17) is 11.6 Å². The zero-order valence-electron chi connectivity index (χ0n) is 7.38. The summed E-state index contributed by atoms with van der Waals surface area (Å²) < 4.78 is 0.836. The maximum atomic E-state index is 9.69. The van der Waals surface area contributed by atoms with E-state index in [1.807, 2.05) is 19.1 Å². The van der Waals surface area contributed by atoms with Gasteiger partial charge in [-0.25, -0.2) is 4.98 Å². The van der Waals surface area contributed by atoms with Crippen molar-refractivity contribution >= 4 is 38.4 Å². The maximum Gasteiger partial charge on any atom is 0.160 e. The fourth-order valence-corrected chi connectivity index (χ4v) is 2.18. The highest BCUT2D eigenvalue weighted by Crippen LogP contribution is 2.36. The van der Waals surface area contributed by atoms with Crippen LogP contribution in [-0.2, 0) is 0 Å². The van der Waals surface area contributed by atoms with Gasteiger partial charge in [-0.1, -0.05) is 27.5 Å². The minimum absolute atomic E-state index is 0.0357. The van der Waals surface area contributed by atoms with Gasteiger partial charge in [-0.15, -0.1) is 0 Å². The highest BCUT2D eigenvalue weighted by atomic mass is 79.9. The standard InChI is InChI=1S/C10H7BrClNO/c1-5-2-3-6-7(11)4-8(12)10(14)9(6)13-5/h2-4,14H,1H3. The number of halogens is 2. The largest absolute Gasteiger partial charge is 0.504 e.